The van der Waals surface area contributed by atoms with Gasteiger partial charge in [0.15, 0.2) is 0 Å². The van der Waals surface area contributed by atoms with Gasteiger partial charge < -0.3 is 8.83 Å². The molecule has 9 aromatic rings. The van der Waals surface area contributed by atoms with Crippen molar-refractivity contribution in [3.8, 4) is 50.6 Å². The molecule has 0 aliphatic heterocycles. The number of furan rings is 2. The lowest BCUT2D eigenvalue weighted by Crippen LogP contribution is -2.15. The zero-order valence-electron chi connectivity index (χ0n) is 29.0. The van der Waals surface area contributed by atoms with Gasteiger partial charge in [-0.2, -0.15) is 5.26 Å². The Bertz CT molecular complexity index is 2750. The average molecular weight is 658 g/mol. The summed E-state index contributed by atoms with van der Waals surface area (Å²) in [7, 11) is 0. The fourth-order valence-corrected chi connectivity index (χ4v) is 7.96. The van der Waals surface area contributed by atoms with E-state index in [1.165, 1.54) is 33.4 Å². The van der Waals surface area contributed by atoms with Gasteiger partial charge in [0.2, 0.25) is 0 Å². The van der Waals surface area contributed by atoms with Crippen molar-refractivity contribution < 1.29 is 8.83 Å². The largest absolute Gasteiger partial charge is 0.455 e. The summed E-state index contributed by atoms with van der Waals surface area (Å²) in [5, 5.41) is 13.6. The molecule has 0 radical (unpaired) electrons. The van der Waals surface area contributed by atoms with Crippen LogP contribution in [0.3, 0.4) is 0 Å². The number of benzene rings is 7. The standard InChI is InChI=1S/C46H29NO2.C2H6/c1-46(2)39-23-31(30-17-15-29(16-18-30)28-13-11-27(26-47)12-14-28)19-21-33(39)34-22-20-32(24-40(34)46)43-44-37(35-7-3-5-9-41(35)48-44)25-38-36-8-4-6-10-42(36)49-45(38)43;1-2/h3-25H,1-2H3;1-2H3. The van der Waals surface area contributed by atoms with Gasteiger partial charge in [-0.05, 0) is 92.5 Å². The van der Waals surface area contributed by atoms with Gasteiger partial charge in [0.1, 0.15) is 22.3 Å². The fourth-order valence-electron chi connectivity index (χ4n) is 7.96. The van der Waals surface area contributed by atoms with Crippen molar-refractivity contribution in [1.29, 1.82) is 5.26 Å². The molecule has 3 nitrogen and oxygen atoms in total. The molecule has 1 aliphatic rings. The van der Waals surface area contributed by atoms with Gasteiger partial charge in [-0.25, -0.2) is 0 Å². The molecule has 0 fully saturated rings. The van der Waals surface area contributed by atoms with E-state index in [4.69, 9.17) is 14.1 Å². The number of nitrogens with zero attached hydrogens (tertiary/aromatic N) is 1. The Morgan fingerprint density at radius 1 is 0.471 bits per heavy atom. The molecule has 0 N–H and O–H groups in total. The van der Waals surface area contributed by atoms with Gasteiger partial charge in [-0.1, -0.05) is 125 Å². The van der Waals surface area contributed by atoms with Crippen molar-refractivity contribution in [2.75, 3.05) is 0 Å². The maximum Gasteiger partial charge on any atom is 0.147 e. The predicted molar refractivity (Wildman–Crippen MR) is 211 cm³/mol. The summed E-state index contributed by atoms with van der Waals surface area (Å²) in [5.74, 6) is 0. The van der Waals surface area contributed by atoms with Gasteiger partial charge in [-0.15, -0.1) is 0 Å². The minimum absolute atomic E-state index is 0.214. The first-order valence-corrected chi connectivity index (χ1v) is 17.6. The van der Waals surface area contributed by atoms with E-state index in [0.29, 0.717) is 5.56 Å². The minimum atomic E-state index is -0.214. The molecule has 2 aromatic heterocycles. The molecule has 51 heavy (non-hydrogen) atoms. The topological polar surface area (TPSA) is 50.1 Å². The number of hydrogen-bond donors (Lipinski definition) is 0. The summed E-state index contributed by atoms with van der Waals surface area (Å²) in [6, 6.07) is 51.2. The van der Waals surface area contributed by atoms with Crippen LogP contribution in [0.25, 0.3) is 88.4 Å². The van der Waals surface area contributed by atoms with E-state index in [0.717, 1.165) is 66.1 Å². The first-order valence-electron chi connectivity index (χ1n) is 17.6. The maximum absolute atomic E-state index is 9.16. The lowest BCUT2D eigenvalue weighted by Gasteiger charge is -2.22. The molecular weight excluding hydrogens is 623 g/mol. The molecule has 0 saturated carbocycles. The molecule has 0 atom stereocenters. The zero-order valence-corrected chi connectivity index (χ0v) is 29.0. The van der Waals surface area contributed by atoms with Crippen LogP contribution in [0.2, 0.25) is 0 Å². The van der Waals surface area contributed by atoms with E-state index in [2.05, 4.69) is 111 Å². The van der Waals surface area contributed by atoms with Crippen LogP contribution in [-0.4, -0.2) is 0 Å². The molecule has 10 rings (SSSR count). The van der Waals surface area contributed by atoms with Gasteiger partial charge in [0.05, 0.1) is 17.2 Å². The molecule has 0 saturated heterocycles. The Labute approximate surface area is 297 Å². The third kappa shape index (κ3) is 4.64. The van der Waals surface area contributed by atoms with Crippen LogP contribution in [0, 0.1) is 11.3 Å². The Morgan fingerprint density at radius 3 is 1.43 bits per heavy atom. The smallest absolute Gasteiger partial charge is 0.147 e. The van der Waals surface area contributed by atoms with Crippen LogP contribution in [-0.2, 0) is 5.41 Å². The van der Waals surface area contributed by atoms with Crippen LogP contribution in [0.1, 0.15) is 44.4 Å². The quantitative estimate of drug-likeness (QED) is 0.190. The van der Waals surface area contributed by atoms with Crippen LogP contribution < -0.4 is 0 Å². The van der Waals surface area contributed by atoms with Crippen molar-refractivity contribution >= 4 is 43.9 Å². The third-order valence-corrected chi connectivity index (χ3v) is 10.5. The van der Waals surface area contributed by atoms with E-state index in [1.807, 2.05) is 62.4 Å². The Hall–Kier alpha value is -6.37. The van der Waals surface area contributed by atoms with Gasteiger partial charge in [0, 0.05) is 27.0 Å². The van der Waals surface area contributed by atoms with E-state index >= 15 is 0 Å². The normalized spacial score (nSPS) is 12.8. The molecule has 0 unspecified atom stereocenters. The fraction of sp³-hybridized carbons (Fsp3) is 0.104. The van der Waals surface area contributed by atoms with Gasteiger partial charge in [0.25, 0.3) is 0 Å². The lowest BCUT2D eigenvalue weighted by molar-refractivity contribution is 0.656. The SMILES string of the molecule is CC.CC1(C)c2cc(-c3ccc(-c4ccc(C#N)cc4)cc3)ccc2-c2ccc(-c3c4oc5ccccc5c4cc4c3oc3ccccc34)cc21. The molecule has 244 valence electrons. The first kappa shape index (κ1) is 30.7. The molecule has 2 heterocycles. The van der Waals surface area contributed by atoms with E-state index < -0.39 is 0 Å². The van der Waals surface area contributed by atoms with Crippen LogP contribution >= 0.6 is 0 Å². The monoisotopic (exact) mass is 657 g/mol. The predicted octanol–water partition coefficient (Wildman–Crippen LogP) is 13.7. The number of fused-ring (bicyclic) bond motifs is 9. The van der Waals surface area contributed by atoms with E-state index in [9.17, 15) is 0 Å². The maximum atomic E-state index is 9.16. The van der Waals surface area contributed by atoms with E-state index in [-0.39, 0.29) is 5.41 Å². The zero-order chi connectivity index (χ0) is 34.9. The summed E-state index contributed by atoms with van der Waals surface area (Å²) in [6.07, 6.45) is 0. The van der Waals surface area contributed by atoms with Crippen molar-refractivity contribution in [2.45, 2.75) is 33.1 Å². The Balaban J connectivity index is 0.00000171. The second-order valence-corrected chi connectivity index (χ2v) is 13.6. The van der Waals surface area contributed by atoms with Crippen LogP contribution in [0.4, 0.5) is 0 Å². The van der Waals surface area contributed by atoms with Crippen LogP contribution in [0.5, 0.6) is 0 Å². The first-order chi connectivity index (χ1) is 25.0. The van der Waals surface area contributed by atoms with Gasteiger partial charge >= 0.3 is 0 Å². The summed E-state index contributed by atoms with van der Waals surface area (Å²) in [5.41, 5.74) is 15.8. The van der Waals surface area contributed by atoms with Crippen molar-refractivity contribution in [1.82, 2.24) is 0 Å². The molecule has 0 bridgehead atoms. The van der Waals surface area contributed by atoms with Crippen molar-refractivity contribution in [2.24, 2.45) is 0 Å². The Kier molecular flexibility index (Phi) is 6.98. The van der Waals surface area contributed by atoms with Gasteiger partial charge in [-0.3, -0.25) is 0 Å². The average Bonchev–Trinajstić information content (AvgIpc) is 3.82. The highest BCUT2D eigenvalue weighted by Gasteiger charge is 2.36. The van der Waals surface area contributed by atoms with Crippen molar-refractivity contribution in [3.63, 3.8) is 0 Å². The highest BCUT2D eigenvalue weighted by Crippen LogP contribution is 2.52. The molecular formula is C48H35NO2. The summed E-state index contributed by atoms with van der Waals surface area (Å²) < 4.78 is 13.2. The minimum Gasteiger partial charge on any atom is -0.455 e. The molecule has 3 heteroatoms. The highest BCUT2D eigenvalue weighted by molar-refractivity contribution is 6.22. The number of rotatable bonds is 3. The molecule has 0 amide bonds. The molecule has 1 aliphatic carbocycles. The second kappa shape index (κ2) is 11.6. The summed E-state index contributed by atoms with van der Waals surface area (Å²) in [6.45, 7) is 8.66. The molecule has 0 spiro atoms. The lowest BCUT2D eigenvalue weighted by atomic mass is 9.80. The number of hydrogen-bond acceptors (Lipinski definition) is 3. The third-order valence-electron chi connectivity index (χ3n) is 10.5. The molecule has 7 aromatic carbocycles. The van der Waals surface area contributed by atoms with Crippen LogP contribution in [0.15, 0.2) is 148 Å². The van der Waals surface area contributed by atoms with E-state index in [1.54, 1.807) is 0 Å². The number of nitriles is 1. The number of para-hydroxylation sites is 2. The summed E-state index contributed by atoms with van der Waals surface area (Å²) in [4.78, 5) is 0. The summed E-state index contributed by atoms with van der Waals surface area (Å²) >= 11 is 0. The highest BCUT2D eigenvalue weighted by atomic mass is 16.3. The Morgan fingerprint density at radius 2 is 0.902 bits per heavy atom. The van der Waals surface area contributed by atoms with Crippen molar-refractivity contribution in [3.05, 3.63) is 156 Å². The second-order valence-electron chi connectivity index (χ2n) is 13.6.